The molecule has 2 rings (SSSR count). The van der Waals surface area contributed by atoms with Gasteiger partial charge in [0.15, 0.2) is 0 Å². The van der Waals surface area contributed by atoms with Crippen molar-refractivity contribution in [1.29, 1.82) is 0 Å². The lowest BCUT2D eigenvalue weighted by Gasteiger charge is -2.23. The molecule has 0 spiro atoms. The van der Waals surface area contributed by atoms with E-state index in [9.17, 15) is 4.79 Å². The van der Waals surface area contributed by atoms with Gasteiger partial charge < -0.3 is 10.4 Å². The average Bonchev–Trinajstić information content (AvgIpc) is 2.62. The van der Waals surface area contributed by atoms with Gasteiger partial charge in [-0.2, -0.15) is 0 Å². The molecule has 0 radical (unpaired) electrons. The summed E-state index contributed by atoms with van der Waals surface area (Å²) < 4.78 is 0. The molecule has 0 unspecified atom stereocenters. The van der Waals surface area contributed by atoms with Crippen LogP contribution in [0.3, 0.4) is 0 Å². The third-order valence-corrected chi connectivity index (χ3v) is 3.21. The largest absolute Gasteiger partial charge is 0.387 e. The van der Waals surface area contributed by atoms with Crippen LogP contribution in [0.2, 0.25) is 0 Å². The van der Waals surface area contributed by atoms with E-state index in [2.05, 4.69) is 36.5 Å². The number of fused-ring (bicyclic) bond motifs is 1. The van der Waals surface area contributed by atoms with Crippen LogP contribution < -0.4 is 5.32 Å². The molecule has 1 aromatic rings. The van der Waals surface area contributed by atoms with E-state index in [-0.39, 0.29) is 11.3 Å². The van der Waals surface area contributed by atoms with Crippen LogP contribution >= 0.6 is 0 Å². The zero-order chi connectivity index (χ0) is 11.6. The van der Waals surface area contributed by atoms with Crippen molar-refractivity contribution in [3.05, 3.63) is 35.4 Å². The number of benzene rings is 1. The van der Waals surface area contributed by atoms with E-state index in [1.54, 1.807) is 0 Å². The van der Waals surface area contributed by atoms with E-state index >= 15 is 0 Å². The van der Waals surface area contributed by atoms with Crippen LogP contribution in [0.15, 0.2) is 24.3 Å². The molecule has 0 saturated carbocycles. The van der Waals surface area contributed by atoms with Gasteiger partial charge in [-0.15, -0.1) is 0 Å². The van der Waals surface area contributed by atoms with Crippen LogP contribution in [0.5, 0.6) is 0 Å². The molecule has 86 valence electrons. The van der Waals surface area contributed by atoms with E-state index in [1.807, 2.05) is 0 Å². The maximum Gasteiger partial charge on any atom is 0.245 e. The summed E-state index contributed by atoms with van der Waals surface area (Å²) in [4.78, 5) is 11.0. The first-order valence-corrected chi connectivity index (χ1v) is 5.57. The highest BCUT2D eigenvalue weighted by Crippen LogP contribution is 2.35. The molecule has 3 heteroatoms. The van der Waals surface area contributed by atoms with Crippen molar-refractivity contribution >= 4 is 5.91 Å². The van der Waals surface area contributed by atoms with E-state index in [0.29, 0.717) is 6.54 Å². The molecule has 0 aliphatic heterocycles. The third kappa shape index (κ3) is 2.25. The van der Waals surface area contributed by atoms with Gasteiger partial charge in [0.1, 0.15) is 6.61 Å². The topological polar surface area (TPSA) is 49.3 Å². The van der Waals surface area contributed by atoms with Gasteiger partial charge in [-0.05, 0) is 29.4 Å². The van der Waals surface area contributed by atoms with Crippen molar-refractivity contribution in [3.8, 4) is 0 Å². The Bertz CT molecular complexity index is 376. The Labute approximate surface area is 95.5 Å². The van der Waals surface area contributed by atoms with Crippen LogP contribution in [0.1, 0.15) is 18.1 Å². The Morgan fingerprint density at radius 3 is 2.44 bits per heavy atom. The molecule has 1 aliphatic rings. The molecule has 1 amide bonds. The molecule has 1 aliphatic carbocycles. The molecular weight excluding hydrogens is 202 g/mol. The summed E-state index contributed by atoms with van der Waals surface area (Å²) in [7, 11) is 0. The fourth-order valence-corrected chi connectivity index (χ4v) is 2.38. The number of aliphatic hydroxyl groups is 1. The molecule has 0 bridgehead atoms. The summed E-state index contributed by atoms with van der Waals surface area (Å²) in [5.41, 5.74) is 2.85. The second-order valence-corrected chi connectivity index (χ2v) is 4.87. The minimum atomic E-state index is -0.428. The molecule has 0 saturated heterocycles. The molecule has 0 atom stereocenters. The van der Waals surface area contributed by atoms with Crippen molar-refractivity contribution < 1.29 is 9.90 Å². The summed E-state index contributed by atoms with van der Waals surface area (Å²) in [6, 6.07) is 8.40. The lowest BCUT2D eigenvalue weighted by molar-refractivity contribution is -0.124. The van der Waals surface area contributed by atoms with Gasteiger partial charge in [-0.3, -0.25) is 4.79 Å². The van der Waals surface area contributed by atoms with Crippen LogP contribution in [-0.2, 0) is 17.6 Å². The van der Waals surface area contributed by atoms with Crippen LogP contribution in [0.25, 0.3) is 0 Å². The highest BCUT2D eigenvalue weighted by molar-refractivity contribution is 5.76. The Hall–Kier alpha value is -1.35. The van der Waals surface area contributed by atoms with Crippen molar-refractivity contribution in [2.75, 3.05) is 13.2 Å². The Morgan fingerprint density at radius 2 is 1.94 bits per heavy atom. The zero-order valence-corrected chi connectivity index (χ0v) is 9.49. The maximum absolute atomic E-state index is 11.0. The molecule has 0 aromatic heterocycles. The normalized spacial score (nSPS) is 16.9. The van der Waals surface area contributed by atoms with Crippen molar-refractivity contribution in [3.63, 3.8) is 0 Å². The predicted molar refractivity (Wildman–Crippen MR) is 62.1 cm³/mol. The fraction of sp³-hybridized carbons (Fsp3) is 0.462. The van der Waals surface area contributed by atoms with E-state index < -0.39 is 6.61 Å². The minimum Gasteiger partial charge on any atom is -0.387 e. The predicted octanol–water partition coefficient (Wildman–Crippen LogP) is 0.900. The summed E-state index contributed by atoms with van der Waals surface area (Å²) in [5, 5.41) is 11.4. The minimum absolute atomic E-state index is 0.0918. The molecule has 16 heavy (non-hydrogen) atoms. The van der Waals surface area contributed by atoms with Gasteiger partial charge in [0, 0.05) is 6.54 Å². The fourth-order valence-electron chi connectivity index (χ4n) is 2.38. The third-order valence-electron chi connectivity index (χ3n) is 3.21. The van der Waals surface area contributed by atoms with E-state index in [0.717, 1.165) is 12.8 Å². The lowest BCUT2D eigenvalue weighted by Crippen LogP contribution is -2.37. The quantitative estimate of drug-likeness (QED) is 0.793. The summed E-state index contributed by atoms with van der Waals surface area (Å²) in [6.07, 6.45) is 1.99. The number of carbonyl (C=O) groups excluding carboxylic acids is 1. The lowest BCUT2D eigenvalue weighted by atomic mass is 9.87. The summed E-state index contributed by atoms with van der Waals surface area (Å²) in [5.74, 6) is -0.294. The highest BCUT2D eigenvalue weighted by atomic mass is 16.3. The molecular formula is C13H17NO2. The van der Waals surface area contributed by atoms with Crippen molar-refractivity contribution in [2.45, 2.75) is 19.8 Å². The number of aliphatic hydroxyl groups excluding tert-OH is 1. The van der Waals surface area contributed by atoms with E-state index in [4.69, 9.17) is 5.11 Å². The smallest absolute Gasteiger partial charge is 0.245 e. The van der Waals surface area contributed by atoms with E-state index in [1.165, 1.54) is 11.1 Å². The second-order valence-electron chi connectivity index (χ2n) is 4.87. The monoisotopic (exact) mass is 219 g/mol. The summed E-state index contributed by atoms with van der Waals surface area (Å²) in [6.45, 7) is 2.37. The number of rotatable bonds is 3. The molecule has 1 aromatic carbocycles. The first kappa shape index (κ1) is 11.1. The first-order chi connectivity index (χ1) is 7.63. The number of nitrogens with one attached hydrogen (secondary N) is 1. The zero-order valence-electron chi connectivity index (χ0n) is 9.49. The Morgan fingerprint density at radius 1 is 1.38 bits per heavy atom. The number of hydrogen-bond donors (Lipinski definition) is 2. The van der Waals surface area contributed by atoms with Gasteiger partial charge in [0.25, 0.3) is 0 Å². The SMILES string of the molecule is CC1(CNC(=O)CO)Cc2ccccc2C1. The van der Waals surface area contributed by atoms with Crippen molar-refractivity contribution in [1.82, 2.24) is 5.32 Å². The number of carbonyl (C=O) groups is 1. The molecule has 0 fully saturated rings. The van der Waals surface area contributed by atoms with Gasteiger partial charge in [-0.1, -0.05) is 31.2 Å². The van der Waals surface area contributed by atoms with Crippen molar-refractivity contribution in [2.24, 2.45) is 5.41 Å². The molecule has 3 nitrogen and oxygen atoms in total. The van der Waals surface area contributed by atoms with Gasteiger partial charge in [0.2, 0.25) is 5.91 Å². The maximum atomic E-state index is 11.0. The van der Waals surface area contributed by atoms with Crippen LogP contribution in [-0.4, -0.2) is 24.2 Å². The summed E-state index contributed by atoms with van der Waals surface area (Å²) >= 11 is 0. The van der Waals surface area contributed by atoms with Gasteiger partial charge in [-0.25, -0.2) is 0 Å². The second kappa shape index (κ2) is 4.26. The molecule has 2 N–H and O–H groups in total. The Balaban J connectivity index is 2.00. The van der Waals surface area contributed by atoms with Crippen LogP contribution in [0, 0.1) is 5.41 Å². The van der Waals surface area contributed by atoms with Gasteiger partial charge >= 0.3 is 0 Å². The van der Waals surface area contributed by atoms with Crippen LogP contribution in [0.4, 0.5) is 0 Å². The number of hydrogen-bond acceptors (Lipinski definition) is 2. The Kier molecular flexibility index (Phi) is 2.97. The van der Waals surface area contributed by atoms with Gasteiger partial charge in [0.05, 0.1) is 0 Å². The number of amides is 1. The molecule has 0 heterocycles. The standard InChI is InChI=1S/C13H17NO2/c1-13(9-14-12(16)8-15)6-10-4-2-3-5-11(10)7-13/h2-5,15H,6-9H2,1H3,(H,14,16). The highest BCUT2D eigenvalue weighted by Gasteiger charge is 2.32. The first-order valence-electron chi connectivity index (χ1n) is 5.57. The average molecular weight is 219 g/mol.